The minimum absolute atomic E-state index is 0.206. The number of anilines is 1. The second kappa shape index (κ2) is 6.93. The summed E-state index contributed by atoms with van der Waals surface area (Å²) in [6.07, 6.45) is -1.16. The molecule has 0 radical (unpaired) electrons. The van der Waals surface area contributed by atoms with Gasteiger partial charge in [-0.25, -0.2) is 4.79 Å². The van der Waals surface area contributed by atoms with Crippen LogP contribution >= 0.6 is 11.6 Å². The summed E-state index contributed by atoms with van der Waals surface area (Å²) in [5.74, 6) is -0.492. The Bertz CT molecular complexity index is 763. The number of cyclic esters (lactones) is 1. The molecule has 2 aromatic rings. The Morgan fingerprint density at radius 2 is 2.00 bits per heavy atom. The Morgan fingerprint density at radius 1 is 1.25 bits per heavy atom. The summed E-state index contributed by atoms with van der Waals surface area (Å²) < 4.78 is 10.5. The van der Waals surface area contributed by atoms with Crippen LogP contribution in [-0.4, -0.2) is 25.2 Å². The Balaban J connectivity index is 2.01. The molecule has 6 heteroatoms. The van der Waals surface area contributed by atoms with Gasteiger partial charge in [0.1, 0.15) is 6.54 Å². The summed E-state index contributed by atoms with van der Waals surface area (Å²) in [7, 11) is 0. The van der Waals surface area contributed by atoms with Crippen molar-refractivity contribution in [2.45, 2.75) is 13.0 Å². The van der Waals surface area contributed by atoms with E-state index in [2.05, 4.69) is 0 Å². The lowest BCUT2D eigenvalue weighted by Gasteiger charge is -2.33. The highest BCUT2D eigenvalue weighted by molar-refractivity contribution is 6.30. The minimum Gasteiger partial charge on any atom is -0.465 e. The van der Waals surface area contributed by atoms with Crippen LogP contribution in [0.5, 0.6) is 0 Å². The third-order valence-corrected chi connectivity index (χ3v) is 3.93. The molecule has 1 atom stereocenters. The van der Waals surface area contributed by atoms with Gasteiger partial charge in [-0.15, -0.1) is 0 Å². The summed E-state index contributed by atoms with van der Waals surface area (Å²) in [5.41, 5.74) is 2.17. The minimum atomic E-state index is -0.591. The molecule has 1 amide bonds. The second-order valence-corrected chi connectivity index (χ2v) is 5.71. The van der Waals surface area contributed by atoms with Crippen molar-refractivity contribution in [1.29, 1.82) is 0 Å². The van der Waals surface area contributed by atoms with E-state index in [1.54, 1.807) is 25.1 Å². The molecule has 0 fully saturated rings. The first-order valence-electron chi connectivity index (χ1n) is 7.58. The van der Waals surface area contributed by atoms with E-state index in [9.17, 15) is 9.59 Å². The van der Waals surface area contributed by atoms with E-state index < -0.39 is 18.2 Å². The van der Waals surface area contributed by atoms with E-state index in [0.717, 1.165) is 11.1 Å². The lowest BCUT2D eigenvalue weighted by molar-refractivity contribution is -0.141. The van der Waals surface area contributed by atoms with Gasteiger partial charge in [-0.1, -0.05) is 41.9 Å². The number of carbonyl (C=O) groups is 2. The largest absolute Gasteiger partial charge is 0.465 e. The second-order valence-electron chi connectivity index (χ2n) is 5.27. The van der Waals surface area contributed by atoms with Crippen LogP contribution in [0.15, 0.2) is 48.5 Å². The molecule has 2 aromatic carbocycles. The number of benzene rings is 2. The maximum absolute atomic E-state index is 12.4. The lowest BCUT2D eigenvalue weighted by Crippen LogP contribution is -2.41. The van der Waals surface area contributed by atoms with Gasteiger partial charge in [0.2, 0.25) is 0 Å². The van der Waals surface area contributed by atoms with Crippen LogP contribution in [0.1, 0.15) is 24.2 Å². The lowest BCUT2D eigenvalue weighted by atomic mass is 9.98. The summed E-state index contributed by atoms with van der Waals surface area (Å²) >= 11 is 6.12. The molecular formula is C18H16ClNO4. The number of carbonyl (C=O) groups excluding carboxylic acids is 2. The van der Waals surface area contributed by atoms with E-state index in [1.807, 2.05) is 30.3 Å². The predicted molar refractivity (Wildman–Crippen MR) is 90.2 cm³/mol. The van der Waals surface area contributed by atoms with Gasteiger partial charge in [-0.3, -0.25) is 9.69 Å². The monoisotopic (exact) mass is 345 g/mol. The van der Waals surface area contributed by atoms with Crippen molar-refractivity contribution < 1.29 is 19.1 Å². The first-order chi connectivity index (χ1) is 11.6. The van der Waals surface area contributed by atoms with Gasteiger partial charge in [-0.2, -0.15) is 0 Å². The van der Waals surface area contributed by atoms with Crippen molar-refractivity contribution >= 4 is 29.4 Å². The van der Waals surface area contributed by atoms with Crippen LogP contribution in [0, 0.1) is 0 Å². The molecule has 0 bridgehead atoms. The van der Waals surface area contributed by atoms with Crippen LogP contribution in [0.25, 0.3) is 0 Å². The SMILES string of the molecule is CCOC(=O)CN1C(=O)O[C@H](c2ccccc2)c2cc(Cl)ccc21. The Morgan fingerprint density at radius 3 is 2.71 bits per heavy atom. The zero-order valence-electron chi connectivity index (χ0n) is 13.1. The first kappa shape index (κ1) is 16.3. The smallest absolute Gasteiger partial charge is 0.415 e. The Labute approximate surface area is 144 Å². The summed E-state index contributed by atoms with van der Waals surface area (Å²) in [6.45, 7) is 1.76. The van der Waals surface area contributed by atoms with Gasteiger partial charge >= 0.3 is 12.1 Å². The number of halogens is 1. The molecule has 0 aromatic heterocycles. The van der Waals surface area contributed by atoms with Crippen LogP contribution in [0.3, 0.4) is 0 Å². The standard InChI is InChI=1S/C18H16ClNO4/c1-2-23-16(21)11-20-15-9-8-13(19)10-14(15)17(24-18(20)22)12-6-4-3-5-7-12/h3-10,17H,2,11H2,1H3/t17-/m1/s1. The molecule has 5 nitrogen and oxygen atoms in total. The van der Waals surface area contributed by atoms with Gasteiger partial charge in [0.15, 0.2) is 6.10 Å². The van der Waals surface area contributed by atoms with Crippen molar-refractivity contribution in [3.05, 3.63) is 64.7 Å². The van der Waals surface area contributed by atoms with Crippen LogP contribution in [-0.2, 0) is 14.3 Å². The fourth-order valence-corrected chi connectivity index (χ4v) is 2.85. The fourth-order valence-electron chi connectivity index (χ4n) is 2.67. The molecule has 24 heavy (non-hydrogen) atoms. The van der Waals surface area contributed by atoms with Crippen molar-refractivity contribution in [3.63, 3.8) is 0 Å². The molecule has 1 aliphatic heterocycles. The molecule has 0 aliphatic carbocycles. The van der Waals surface area contributed by atoms with E-state index in [1.165, 1.54) is 4.90 Å². The number of fused-ring (bicyclic) bond motifs is 1. The third kappa shape index (κ3) is 3.21. The zero-order valence-corrected chi connectivity index (χ0v) is 13.8. The molecular weight excluding hydrogens is 330 g/mol. The molecule has 0 N–H and O–H groups in total. The number of amides is 1. The number of ether oxygens (including phenoxy) is 2. The van der Waals surface area contributed by atoms with Crippen LogP contribution < -0.4 is 4.90 Å². The van der Waals surface area contributed by atoms with Gasteiger partial charge in [0.25, 0.3) is 0 Å². The maximum Gasteiger partial charge on any atom is 0.415 e. The van der Waals surface area contributed by atoms with Gasteiger partial charge < -0.3 is 9.47 Å². The highest BCUT2D eigenvalue weighted by Crippen LogP contribution is 2.39. The summed E-state index contributed by atoms with van der Waals surface area (Å²) in [4.78, 5) is 25.5. The maximum atomic E-state index is 12.4. The molecule has 0 saturated carbocycles. The van der Waals surface area contributed by atoms with Gasteiger partial charge in [-0.05, 0) is 30.7 Å². The quantitative estimate of drug-likeness (QED) is 0.787. The highest BCUT2D eigenvalue weighted by Gasteiger charge is 2.35. The molecule has 0 saturated heterocycles. The topological polar surface area (TPSA) is 55.8 Å². The summed E-state index contributed by atoms with van der Waals surface area (Å²) in [6, 6.07) is 14.5. The van der Waals surface area contributed by atoms with Crippen molar-refractivity contribution in [3.8, 4) is 0 Å². The molecule has 0 unspecified atom stereocenters. The Hall–Kier alpha value is -2.53. The van der Waals surface area contributed by atoms with Crippen LogP contribution in [0.2, 0.25) is 5.02 Å². The molecule has 1 heterocycles. The Kier molecular flexibility index (Phi) is 4.71. The van der Waals surface area contributed by atoms with Gasteiger partial charge in [0, 0.05) is 10.6 Å². The van der Waals surface area contributed by atoms with E-state index in [0.29, 0.717) is 10.7 Å². The first-order valence-corrected chi connectivity index (χ1v) is 7.96. The molecule has 124 valence electrons. The molecule has 1 aliphatic rings. The normalized spacial score (nSPS) is 16.3. The average molecular weight is 346 g/mol. The number of rotatable bonds is 4. The zero-order chi connectivity index (χ0) is 17.1. The number of hydrogen-bond donors (Lipinski definition) is 0. The third-order valence-electron chi connectivity index (χ3n) is 3.70. The number of nitrogens with zero attached hydrogens (tertiary/aromatic N) is 1. The van der Waals surface area contributed by atoms with Gasteiger partial charge in [0.05, 0.1) is 12.3 Å². The van der Waals surface area contributed by atoms with Crippen molar-refractivity contribution in [2.75, 3.05) is 18.1 Å². The van der Waals surface area contributed by atoms with E-state index >= 15 is 0 Å². The van der Waals surface area contributed by atoms with Crippen molar-refractivity contribution in [2.24, 2.45) is 0 Å². The van der Waals surface area contributed by atoms with Crippen molar-refractivity contribution in [1.82, 2.24) is 0 Å². The predicted octanol–water partition coefficient (Wildman–Crippen LogP) is 3.95. The highest BCUT2D eigenvalue weighted by atomic mass is 35.5. The molecule has 0 spiro atoms. The van der Waals surface area contributed by atoms with E-state index in [-0.39, 0.29) is 13.2 Å². The molecule has 3 rings (SSSR count). The van der Waals surface area contributed by atoms with E-state index in [4.69, 9.17) is 21.1 Å². The summed E-state index contributed by atoms with van der Waals surface area (Å²) in [5, 5.41) is 0.531. The fraction of sp³-hybridized carbons (Fsp3) is 0.222. The number of hydrogen-bond acceptors (Lipinski definition) is 4. The van der Waals surface area contributed by atoms with Crippen LogP contribution in [0.4, 0.5) is 10.5 Å². The number of esters is 1. The average Bonchev–Trinajstić information content (AvgIpc) is 2.58.